The van der Waals surface area contributed by atoms with E-state index in [1.165, 1.54) is 12.8 Å². The number of rotatable bonds is 2. The molecule has 5 rings (SSSR count). The van der Waals surface area contributed by atoms with Gasteiger partial charge in [0.05, 0.1) is 13.2 Å². The van der Waals surface area contributed by atoms with Crippen LogP contribution in [0.2, 0.25) is 0 Å². The molecule has 3 atom stereocenters. The van der Waals surface area contributed by atoms with E-state index in [9.17, 15) is 4.79 Å². The summed E-state index contributed by atoms with van der Waals surface area (Å²) in [6.07, 6.45) is 11.9. The Balaban J connectivity index is 1.66. The van der Waals surface area contributed by atoms with Gasteiger partial charge >= 0.3 is 5.97 Å². The maximum absolute atomic E-state index is 13.4. The van der Waals surface area contributed by atoms with Crippen molar-refractivity contribution in [2.24, 2.45) is 0 Å². The summed E-state index contributed by atoms with van der Waals surface area (Å²) in [5, 5.41) is 0. The summed E-state index contributed by atoms with van der Waals surface area (Å²) >= 11 is 0. The van der Waals surface area contributed by atoms with E-state index < -0.39 is 11.0 Å². The Hall–Kier alpha value is -2.33. The molecule has 1 aromatic rings. The molecule has 27 heavy (non-hydrogen) atoms. The minimum absolute atomic E-state index is 0.150. The van der Waals surface area contributed by atoms with Gasteiger partial charge in [-0.25, -0.2) is 0 Å². The smallest absolute Gasteiger partial charge is 0.325 e. The Morgan fingerprint density at radius 3 is 2.74 bits per heavy atom. The molecule has 0 amide bonds. The van der Waals surface area contributed by atoms with E-state index in [4.69, 9.17) is 9.47 Å². The van der Waals surface area contributed by atoms with Gasteiger partial charge in [-0.05, 0) is 44.0 Å². The molecule has 1 spiro atoms. The molecular formula is C23H25NO3. The highest BCUT2D eigenvalue weighted by Gasteiger charge is 2.69. The van der Waals surface area contributed by atoms with Crippen molar-refractivity contribution in [1.82, 2.24) is 4.90 Å². The number of esters is 1. The van der Waals surface area contributed by atoms with Crippen LogP contribution in [0.4, 0.5) is 0 Å². The number of piperidine rings is 1. The van der Waals surface area contributed by atoms with Gasteiger partial charge in [0.2, 0.25) is 0 Å². The monoisotopic (exact) mass is 363 g/mol. The minimum atomic E-state index is -0.843. The fraction of sp³-hybridized carbons (Fsp3) is 0.435. The first kappa shape index (κ1) is 16.8. The Bertz CT molecular complexity index is 881. The standard InChI is InChI=1S/C23H25NO3/c1-16-6-11-19-22(13-12-16,17-7-9-18(26-2)10-8-17)21(25)27-23(19)15-24-14-4-3-5-20(23)24/h6-13,20H,3-5,14-15H2,1-2H3/t20-,22-,23+/m0/s1. The number of ether oxygens (including phenoxy) is 2. The first-order valence-corrected chi connectivity index (χ1v) is 9.81. The lowest BCUT2D eigenvalue weighted by atomic mass is 9.64. The molecule has 4 nitrogen and oxygen atoms in total. The summed E-state index contributed by atoms with van der Waals surface area (Å²) in [4.78, 5) is 15.9. The van der Waals surface area contributed by atoms with Gasteiger partial charge in [0.15, 0.2) is 5.60 Å². The van der Waals surface area contributed by atoms with Crippen LogP contribution < -0.4 is 4.74 Å². The Morgan fingerprint density at radius 2 is 2.00 bits per heavy atom. The van der Waals surface area contributed by atoms with Crippen LogP contribution in [-0.4, -0.2) is 42.7 Å². The van der Waals surface area contributed by atoms with Gasteiger partial charge in [0.25, 0.3) is 0 Å². The molecule has 0 saturated carbocycles. The summed E-state index contributed by atoms with van der Waals surface area (Å²) in [7, 11) is 1.66. The third kappa shape index (κ3) is 2.16. The first-order chi connectivity index (χ1) is 13.1. The fourth-order valence-corrected chi connectivity index (χ4v) is 5.29. The van der Waals surface area contributed by atoms with Gasteiger partial charge in [-0.2, -0.15) is 0 Å². The van der Waals surface area contributed by atoms with Crippen molar-refractivity contribution in [3.05, 3.63) is 65.3 Å². The molecular weight excluding hydrogens is 338 g/mol. The maximum atomic E-state index is 13.4. The van der Waals surface area contributed by atoms with Crippen molar-refractivity contribution in [2.75, 3.05) is 20.2 Å². The van der Waals surface area contributed by atoms with Crippen LogP contribution in [-0.2, 0) is 14.9 Å². The molecule has 3 saturated heterocycles. The molecule has 1 aliphatic carbocycles. The van der Waals surface area contributed by atoms with Gasteiger partial charge in [-0.15, -0.1) is 0 Å². The van der Waals surface area contributed by atoms with Crippen molar-refractivity contribution >= 4 is 5.97 Å². The van der Waals surface area contributed by atoms with Gasteiger partial charge in [0, 0.05) is 12.1 Å². The van der Waals surface area contributed by atoms with E-state index in [1.807, 2.05) is 36.4 Å². The molecule has 0 aromatic heterocycles. The average molecular weight is 363 g/mol. The van der Waals surface area contributed by atoms with Gasteiger partial charge in [-0.3, -0.25) is 9.69 Å². The number of carbonyl (C=O) groups is 1. The molecule has 4 aliphatic rings. The highest BCUT2D eigenvalue weighted by molar-refractivity contribution is 5.95. The van der Waals surface area contributed by atoms with Gasteiger partial charge in [0.1, 0.15) is 11.2 Å². The average Bonchev–Trinajstić information content (AvgIpc) is 2.81. The normalized spacial score (nSPS) is 34.7. The second-order valence-electron chi connectivity index (χ2n) is 8.12. The summed E-state index contributed by atoms with van der Waals surface area (Å²) in [6, 6.07) is 8.14. The molecule has 3 fully saturated rings. The Kier molecular flexibility index (Phi) is 3.63. The van der Waals surface area contributed by atoms with E-state index in [1.54, 1.807) is 7.11 Å². The number of methoxy groups -OCH3 is 1. The van der Waals surface area contributed by atoms with Crippen LogP contribution in [0.25, 0.3) is 0 Å². The number of carbonyl (C=O) groups excluding carboxylic acids is 1. The van der Waals surface area contributed by atoms with Crippen LogP contribution in [0.3, 0.4) is 0 Å². The quantitative estimate of drug-likeness (QED) is 0.754. The second kappa shape index (κ2) is 5.83. The topological polar surface area (TPSA) is 38.8 Å². The lowest BCUT2D eigenvalue weighted by Crippen LogP contribution is -2.71. The van der Waals surface area contributed by atoms with E-state index >= 15 is 0 Å². The lowest BCUT2D eigenvalue weighted by Gasteiger charge is -2.57. The van der Waals surface area contributed by atoms with Crippen molar-refractivity contribution in [2.45, 2.75) is 43.2 Å². The van der Waals surface area contributed by atoms with Gasteiger partial charge < -0.3 is 9.47 Å². The highest BCUT2D eigenvalue weighted by atomic mass is 16.6. The Labute approximate surface area is 160 Å². The molecule has 0 unspecified atom stereocenters. The molecule has 4 heteroatoms. The number of nitrogens with zero attached hydrogens (tertiary/aromatic N) is 1. The second-order valence-corrected chi connectivity index (χ2v) is 8.12. The number of hydrogen-bond acceptors (Lipinski definition) is 4. The molecule has 0 bridgehead atoms. The predicted octanol–water partition coefficient (Wildman–Crippen LogP) is 3.54. The summed E-state index contributed by atoms with van der Waals surface area (Å²) in [5.74, 6) is 0.638. The predicted molar refractivity (Wildman–Crippen MR) is 104 cm³/mol. The minimum Gasteiger partial charge on any atom is -0.497 e. The van der Waals surface area contributed by atoms with E-state index in [0.717, 1.165) is 42.0 Å². The third-order valence-electron chi connectivity index (χ3n) is 6.72. The van der Waals surface area contributed by atoms with Crippen LogP contribution in [0, 0.1) is 0 Å². The van der Waals surface area contributed by atoms with Crippen LogP contribution >= 0.6 is 0 Å². The summed E-state index contributed by atoms with van der Waals surface area (Å²) in [5.41, 5.74) is 1.87. The highest BCUT2D eigenvalue weighted by Crippen LogP contribution is 2.57. The van der Waals surface area contributed by atoms with Crippen LogP contribution in [0.15, 0.2) is 59.7 Å². The van der Waals surface area contributed by atoms with Crippen molar-refractivity contribution < 1.29 is 14.3 Å². The zero-order valence-electron chi connectivity index (χ0n) is 15.9. The number of benzene rings is 1. The first-order valence-electron chi connectivity index (χ1n) is 9.81. The van der Waals surface area contributed by atoms with Crippen molar-refractivity contribution in [3.8, 4) is 5.75 Å². The Morgan fingerprint density at radius 1 is 1.19 bits per heavy atom. The summed E-state index contributed by atoms with van der Waals surface area (Å²) in [6.45, 7) is 3.99. The number of allylic oxidation sites excluding steroid dienone is 4. The van der Waals surface area contributed by atoms with Crippen LogP contribution in [0.1, 0.15) is 31.7 Å². The van der Waals surface area contributed by atoms with Crippen molar-refractivity contribution in [1.29, 1.82) is 0 Å². The molecule has 3 aliphatic heterocycles. The molecule has 140 valence electrons. The number of hydrogen-bond donors (Lipinski definition) is 0. The van der Waals surface area contributed by atoms with E-state index in [-0.39, 0.29) is 5.97 Å². The molecule has 3 heterocycles. The largest absolute Gasteiger partial charge is 0.497 e. The SMILES string of the molecule is COc1ccc([C@@]23C=CC(C)=CC=C2[C@@]2(CN4CCCC[C@H]42)OC3=O)cc1. The van der Waals surface area contributed by atoms with E-state index in [0.29, 0.717) is 6.04 Å². The number of fused-ring (bicyclic) bond motifs is 4. The fourth-order valence-electron chi connectivity index (χ4n) is 5.29. The molecule has 0 radical (unpaired) electrons. The third-order valence-corrected chi connectivity index (χ3v) is 6.72. The lowest BCUT2D eigenvalue weighted by molar-refractivity contribution is -0.180. The molecule has 1 aromatic carbocycles. The van der Waals surface area contributed by atoms with E-state index in [2.05, 4.69) is 24.0 Å². The van der Waals surface area contributed by atoms with Gasteiger partial charge in [-0.1, -0.05) is 48.4 Å². The maximum Gasteiger partial charge on any atom is 0.325 e. The zero-order chi connectivity index (χ0) is 18.6. The zero-order valence-corrected chi connectivity index (χ0v) is 15.9. The summed E-state index contributed by atoms with van der Waals surface area (Å²) < 4.78 is 11.6. The van der Waals surface area contributed by atoms with Crippen LogP contribution in [0.5, 0.6) is 5.75 Å². The molecule has 0 N–H and O–H groups in total. The van der Waals surface area contributed by atoms with Crippen molar-refractivity contribution in [3.63, 3.8) is 0 Å².